The van der Waals surface area contributed by atoms with Crippen LogP contribution in [0.1, 0.15) is 18.4 Å². The average molecular weight is 203 g/mol. The van der Waals surface area contributed by atoms with Gasteiger partial charge in [0.15, 0.2) is 0 Å². The lowest BCUT2D eigenvalue weighted by Crippen LogP contribution is -2.25. The fourth-order valence-electron chi connectivity index (χ4n) is 1.36. The van der Waals surface area contributed by atoms with E-state index in [4.69, 9.17) is 0 Å². The molecule has 0 fully saturated rings. The second-order valence-corrected chi connectivity index (χ2v) is 3.56. The highest BCUT2D eigenvalue weighted by Gasteiger charge is 2.07. The van der Waals surface area contributed by atoms with E-state index in [1.165, 1.54) is 0 Å². The van der Waals surface area contributed by atoms with Gasteiger partial charge >= 0.3 is 0 Å². The molecule has 0 atom stereocenters. The second kappa shape index (κ2) is 6.02. The van der Waals surface area contributed by atoms with Gasteiger partial charge < -0.3 is 4.90 Å². The highest BCUT2D eigenvalue weighted by atomic mass is 16.2. The predicted octanol–water partition coefficient (Wildman–Crippen LogP) is 2.61. The Bertz CT molecular complexity index is 319. The van der Waals surface area contributed by atoms with E-state index in [0.717, 1.165) is 12.0 Å². The lowest BCUT2D eigenvalue weighted by Gasteiger charge is -2.16. The van der Waals surface area contributed by atoms with Crippen molar-refractivity contribution in [2.75, 3.05) is 7.05 Å². The fourth-order valence-corrected chi connectivity index (χ4v) is 1.36. The number of nitrogens with zero attached hydrogens (tertiary/aromatic N) is 1. The molecule has 0 saturated heterocycles. The third-order valence-corrected chi connectivity index (χ3v) is 2.25. The van der Waals surface area contributed by atoms with Gasteiger partial charge in [-0.25, -0.2) is 0 Å². The van der Waals surface area contributed by atoms with Crippen LogP contribution in [-0.4, -0.2) is 17.9 Å². The van der Waals surface area contributed by atoms with Crippen molar-refractivity contribution >= 4 is 5.91 Å². The topological polar surface area (TPSA) is 20.3 Å². The highest BCUT2D eigenvalue weighted by molar-refractivity contribution is 5.75. The molecule has 0 aliphatic rings. The molecular formula is C13H17NO. The van der Waals surface area contributed by atoms with Crippen molar-refractivity contribution in [3.63, 3.8) is 0 Å². The van der Waals surface area contributed by atoms with Crippen LogP contribution in [0.5, 0.6) is 0 Å². The van der Waals surface area contributed by atoms with Gasteiger partial charge in [-0.1, -0.05) is 36.4 Å². The first kappa shape index (κ1) is 11.5. The summed E-state index contributed by atoms with van der Waals surface area (Å²) in [5.41, 5.74) is 1.16. The molecule has 1 aromatic carbocycles. The number of amides is 1. The van der Waals surface area contributed by atoms with Crippen LogP contribution < -0.4 is 0 Å². The number of allylic oxidation sites excluding steroid dienone is 1. The summed E-state index contributed by atoms with van der Waals surface area (Å²) in [4.78, 5) is 13.3. The SMILES string of the molecule is C=CCCC(=O)N(C)Cc1ccccc1. The number of carbonyl (C=O) groups is 1. The predicted molar refractivity (Wildman–Crippen MR) is 62.3 cm³/mol. The van der Waals surface area contributed by atoms with Gasteiger partial charge in [0, 0.05) is 20.0 Å². The van der Waals surface area contributed by atoms with Gasteiger partial charge in [0.2, 0.25) is 5.91 Å². The van der Waals surface area contributed by atoms with Crippen LogP contribution in [0.2, 0.25) is 0 Å². The molecule has 0 heterocycles. The number of rotatable bonds is 5. The van der Waals surface area contributed by atoms with E-state index in [9.17, 15) is 4.79 Å². The fraction of sp³-hybridized carbons (Fsp3) is 0.308. The van der Waals surface area contributed by atoms with Crippen molar-refractivity contribution in [1.29, 1.82) is 0 Å². The minimum Gasteiger partial charge on any atom is -0.341 e. The third-order valence-electron chi connectivity index (χ3n) is 2.25. The zero-order valence-corrected chi connectivity index (χ0v) is 9.15. The van der Waals surface area contributed by atoms with Crippen LogP contribution in [0.4, 0.5) is 0 Å². The van der Waals surface area contributed by atoms with Gasteiger partial charge in [0.1, 0.15) is 0 Å². The zero-order valence-electron chi connectivity index (χ0n) is 9.15. The van der Waals surface area contributed by atoms with Crippen molar-refractivity contribution in [1.82, 2.24) is 4.90 Å². The summed E-state index contributed by atoms with van der Waals surface area (Å²) >= 11 is 0. The van der Waals surface area contributed by atoms with Crippen molar-refractivity contribution in [3.05, 3.63) is 48.6 Å². The molecule has 0 N–H and O–H groups in total. The van der Waals surface area contributed by atoms with Gasteiger partial charge in [-0.05, 0) is 12.0 Å². The monoisotopic (exact) mass is 203 g/mol. The normalized spacial score (nSPS) is 9.67. The molecular weight excluding hydrogens is 186 g/mol. The van der Waals surface area contributed by atoms with Crippen molar-refractivity contribution in [2.24, 2.45) is 0 Å². The Morgan fingerprint density at radius 2 is 2.07 bits per heavy atom. The summed E-state index contributed by atoms with van der Waals surface area (Å²) in [6.45, 7) is 4.28. The maximum Gasteiger partial charge on any atom is 0.222 e. The van der Waals surface area contributed by atoms with E-state index in [0.29, 0.717) is 13.0 Å². The molecule has 0 unspecified atom stereocenters. The van der Waals surface area contributed by atoms with Gasteiger partial charge in [-0.3, -0.25) is 4.79 Å². The number of hydrogen-bond acceptors (Lipinski definition) is 1. The summed E-state index contributed by atoms with van der Waals surface area (Å²) in [6.07, 6.45) is 3.07. The Morgan fingerprint density at radius 1 is 1.40 bits per heavy atom. The second-order valence-electron chi connectivity index (χ2n) is 3.56. The maximum absolute atomic E-state index is 11.6. The molecule has 1 amide bonds. The molecule has 0 spiro atoms. The quantitative estimate of drug-likeness (QED) is 0.674. The molecule has 1 rings (SSSR count). The van der Waals surface area contributed by atoms with Crippen molar-refractivity contribution in [3.8, 4) is 0 Å². The van der Waals surface area contributed by atoms with E-state index in [-0.39, 0.29) is 5.91 Å². The summed E-state index contributed by atoms with van der Waals surface area (Å²) in [6, 6.07) is 9.99. The molecule has 0 bridgehead atoms. The summed E-state index contributed by atoms with van der Waals surface area (Å²) in [7, 11) is 1.83. The van der Waals surface area contributed by atoms with Gasteiger partial charge in [-0.2, -0.15) is 0 Å². The lowest BCUT2D eigenvalue weighted by molar-refractivity contribution is -0.130. The smallest absolute Gasteiger partial charge is 0.222 e. The highest BCUT2D eigenvalue weighted by Crippen LogP contribution is 2.04. The largest absolute Gasteiger partial charge is 0.341 e. The number of hydrogen-bond donors (Lipinski definition) is 0. The number of benzene rings is 1. The maximum atomic E-state index is 11.6. The molecule has 15 heavy (non-hydrogen) atoms. The first-order chi connectivity index (χ1) is 7.24. The van der Waals surface area contributed by atoms with Crippen LogP contribution in [-0.2, 0) is 11.3 Å². The molecule has 1 aromatic rings. The molecule has 2 heteroatoms. The van der Waals surface area contributed by atoms with Gasteiger partial charge in [0.05, 0.1) is 0 Å². The van der Waals surface area contributed by atoms with E-state index in [1.54, 1.807) is 11.0 Å². The average Bonchev–Trinajstić information content (AvgIpc) is 2.27. The summed E-state index contributed by atoms with van der Waals surface area (Å²) < 4.78 is 0. The minimum atomic E-state index is 0.166. The van der Waals surface area contributed by atoms with E-state index >= 15 is 0 Å². The van der Waals surface area contributed by atoms with Gasteiger partial charge in [0.25, 0.3) is 0 Å². The number of carbonyl (C=O) groups excluding carboxylic acids is 1. The molecule has 0 aliphatic heterocycles. The first-order valence-corrected chi connectivity index (χ1v) is 5.13. The van der Waals surface area contributed by atoms with E-state index in [1.807, 2.05) is 37.4 Å². The Morgan fingerprint density at radius 3 is 2.67 bits per heavy atom. The Hall–Kier alpha value is -1.57. The summed E-state index contributed by atoms with van der Waals surface area (Å²) in [5, 5.41) is 0. The molecule has 2 nitrogen and oxygen atoms in total. The van der Waals surface area contributed by atoms with E-state index < -0.39 is 0 Å². The third kappa shape index (κ3) is 3.98. The van der Waals surface area contributed by atoms with Crippen LogP contribution in [0, 0.1) is 0 Å². The lowest BCUT2D eigenvalue weighted by atomic mass is 10.2. The molecule has 0 aromatic heterocycles. The van der Waals surface area contributed by atoms with Crippen LogP contribution in [0.3, 0.4) is 0 Å². The van der Waals surface area contributed by atoms with Crippen molar-refractivity contribution < 1.29 is 4.79 Å². The van der Waals surface area contributed by atoms with Gasteiger partial charge in [-0.15, -0.1) is 6.58 Å². The first-order valence-electron chi connectivity index (χ1n) is 5.13. The van der Waals surface area contributed by atoms with Crippen LogP contribution in [0.15, 0.2) is 43.0 Å². The van der Waals surface area contributed by atoms with Crippen LogP contribution in [0.25, 0.3) is 0 Å². The summed E-state index contributed by atoms with van der Waals surface area (Å²) in [5.74, 6) is 0.166. The molecule has 0 aliphatic carbocycles. The minimum absolute atomic E-state index is 0.166. The molecule has 0 saturated carbocycles. The molecule has 80 valence electrons. The Kier molecular flexibility index (Phi) is 4.61. The van der Waals surface area contributed by atoms with Crippen LogP contribution >= 0.6 is 0 Å². The standard InChI is InChI=1S/C13H17NO/c1-3-4-10-13(15)14(2)11-12-8-6-5-7-9-12/h3,5-9H,1,4,10-11H2,2H3. The Balaban J connectivity index is 2.45. The molecule has 0 radical (unpaired) electrons. The Labute approximate surface area is 91.2 Å². The van der Waals surface area contributed by atoms with E-state index in [2.05, 4.69) is 6.58 Å². The van der Waals surface area contributed by atoms with Crippen molar-refractivity contribution in [2.45, 2.75) is 19.4 Å². The zero-order chi connectivity index (χ0) is 11.1.